The van der Waals surface area contributed by atoms with Crippen LogP contribution in [-0.2, 0) is 4.74 Å². The molecule has 1 atom stereocenters. The van der Waals surface area contributed by atoms with Crippen molar-refractivity contribution in [1.29, 1.82) is 0 Å². The first-order valence-electron chi connectivity index (χ1n) is 10.4. The molecule has 1 aromatic carbocycles. The van der Waals surface area contributed by atoms with E-state index in [-0.39, 0.29) is 18.4 Å². The maximum atomic E-state index is 11.9. The molecule has 1 aliphatic carbocycles. The Morgan fingerprint density at radius 1 is 1.23 bits per heavy atom. The summed E-state index contributed by atoms with van der Waals surface area (Å²) < 4.78 is 7.38. The summed E-state index contributed by atoms with van der Waals surface area (Å²) in [5.41, 5.74) is 3.19. The Labute approximate surface area is 173 Å². The molecule has 2 N–H and O–H groups in total. The number of carboxylic acids is 1. The van der Waals surface area contributed by atoms with Crippen LogP contribution in [0.3, 0.4) is 0 Å². The molecule has 8 heteroatoms. The van der Waals surface area contributed by atoms with E-state index >= 15 is 0 Å². The molecule has 2 aromatic heterocycles. The first kappa shape index (κ1) is 19.0. The zero-order chi connectivity index (χ0) is 20.7. The van der Waals surface area contributed by atoms with Gasteiger partial charge in [0, 0.05) is 19.0 Å². The number of fused-ring (bicyclic) bond motifs is 1. The third kappa shape index (κ3) is 3.22. The summed E-state index contributed by atoms with van der Waals surface area (Å²) in [6, 6.07) is 11.3. The summed E-state index contributed by atoms with van der Waals surface area (Å²) in [5.74, 6) is -0.723. The van der Waals surface area contributed by atoms with Crippen LogP contribution in [0.25, 0.3) is 16.7 Å². The van der Waals surface area contributed by atoms with Gasteiger partial charge in [0.2, 0.25) is 0 Å². The van der Waals surface area contributed by atoms with Crippen molar-refractivity contribution in [2.24, 2.45) is 0 Å². The van der Waals surface area contributed by atoms with Gasteiger partial charge in [0.1, 0.15) is 0 Å². The maximum absolute atomic E-state index is 11.9. The number of para-hydroxylation sites is 1. The molecule has 8 nitrogen and oxygen atoms in total. The zero-order valence-electron chi connectivity index (χ0n) is 16.6. The number of benzene rings is 1. The molecule has 0 radical (unpaired) electrons. The highest BCUT2D eigenvalue weighted by Crippen LogP contribution is 2.42. The van der Waals surface area contributed by atoms with Crippen molar-refractivity contribution in [1.82, 2.24) is 14.8 Å². The molecular weight excluding hydrogens is 384 g/mol. The number of aromatic nitrogens is 3. The summed E-state index contributed by atoms with van der Waals surface area (Å²) in [7, 11) is 0. The van der Waals surface area contributed by atoms with Crippen LogP contribution in [0.5, 0.6) is 0 Å². The maximum Gasteiger partial charge on any atom is 0.354 e. The van der Waals surface area contributed by atoms with Gasteiger partial charge in [0.25, 0.3) is 0 Å². The number of rotatable bonds is 5. The number of pyridine rings is 1. The highest BCUT2D eigenvalue weighted by Gasteiger charge is 2.31. The minimum Gasteiger partial charge on any atom is -0.477 e. The van der Waals surface area contributed by atoms with Crippen molar-refractivity contribution in [3.8, 4) is 5.69 Å². The van der Waals surface area contributed by atoms with Crippen molar-refractivity contribution < 1.29 is 19.7 Å². The topological polar surface area (TPSA) is 101 Å². The summed E-state index contributed by atoms with van der Waals surface area (Å²) in [6.07, 6.45) is 3.02. The molecule has 0 spiro atoms. The average Bonchev–Trinajstić information content (AvgIpc) is 3.11. The molecule has 1 aliphatic heterocycles. The van der Waals surface area contributed by atoms with Crippen LogP contribution in [0.2, 0.25) is 0 Å². The van der Waals surface area contributed by atoms with Crippen LogP contribution in [0, 0.1) is 0 Å². The molecule has 5 rings (SSSR count). The van der Waals surface area contributed by atoms with E-state index in [1.54, 1.807) is 10.7 Å². The van der Waals surface area contributed by atoms with Gasteiger partial charge in [-0.3, -0.25) is 0 Å². The van der Waals surface area contributed by atoms with Gasteiger partial charge in [0.05, 0.1) is 41.8 Å². The van der Waals surface area contributed by atoms with Crippen LogP contribution in [-0.4, -0.2) is 63.4 Å². The Bertz CT molecular complexity index is 1080. The number of aliphatic hydroxyl groups is 1. The Morgan fingerprint density at radius 2 is 2.03 bits per heavy atom. The molecule has 2 fully saturated rings. The quantitative estimate of drug-likeness (QED) is 0.669. The van der Waals surface area contributed by atoms with E-state index < -0.39 is 5.97 Å². The molecular formula is C22H24N4O4. The number of carbonyl (C=O) groups is 1. The van der Waals surface area contributed by atoms with Crippen LogP contribution in [0.1, 0.15) is 41.4 Å². The number of aliphatic hydroxyl groups excluding tert-OH is 1. The molecule has 30 heavy (non-hydrogen) atoms. The van der Waals surface area contributed by atoms with Gasteiger partial charge >= 0.3 is 5.97 Å². The number of morpholine rings is 1. The molecule has 1 saturated carbocycles. The molecule has 2 aliphatic rings. The number of carboxylic acid groups (broad SMARTS) is 1. The molecule has 156 valence electrons. The van der Waals surface area contributed by atoms with Crippen molar-refractivity contribution in [3.63, 3.8) is 0 Å². The predicted octanol–water partition coefficient (Wildman–Crippen LogP) is 2.58. The summed E-state index contributed by atoms with van der Waals surface area (Å²) in [5, 5.41) is 25.1. The molecule has 1 saturated heterocycles. The fourth-order valence-corrected chi connectivity index (χ4v) is 4.25. The fraction of sp³-hybridized carbons (Fsp3) is 0.409. The lowest BCUT2D eigenvalue weighted by molar-refractivity contribution is 0.00363. The van der Waals surface area contributed by atoms with E-state index in [1.165, 1.54) is 6.42 Å². The predicted molar refractivity (Wildman–Crippen MR) is 111 cm³/mol. The standard InChI is InChI=1S/C22H24N4O4/c27-13-16-12-25(9-10-30-16)18-11-17(22(28)29)23-21-19(18)20(14-5-4-6-14)24-26(21)15-7-2-1-3-8-15/h1-3,7-8,11,14,16,27H,4-6,9-10,12-13H2,(H,28,29). The van der Waals surface area contributed by atoms with E-state index in [9.17, 15) is 15.0 Å². The largest absolute Gasteiger partial charge is 0.477 e. The van der Waals surface area contributed by atoms with E-state index in [0.717, 1.165) is 35.3 Å². The normalized spacial score (nSPS) is 19.8. The van der Waals surface area contributed by atoms with Crippen LogP contribution < -0.4 is 4.90 Å². The number of aromatic carboxylic acids is 1. The van der Waals surface area contributed by atoms with Crippen molar-refractivity contribution >= 4 is 22.7 Å². The van der Waals surface area contributed by atoms with Gasteiger partial charge in [-0.25, -0.2) is 14.5 Å². The van der Waals surface area contributed by atoms with Gasteiger partial charge in [-0.05, 0) is 31.0 Å². The number of hydrogen-bond acceptors (Lipinski definition) is 6. The lowest BCUT2D eigenvalue weighted by Crippen LogP contribution is -2.44. The fourth-order valence-electron chi connectivity index (χ4n) is 4.25. The number of anilines is 1. The zero-order valence-corrected chi connectivity index (χ0v) is 16.6. The lowest BCUT2D eigenvalue weighted by Gasteiger charge is -2.34. The average molecular weight is 408 g/mol. The Balaban J connectivity index is 1.75. The van der Waals surface area contributed by atoms with E-state index in [1.807, 2.05) is 30.3 Å². The highest BCUT2D eigenvalue weighted by molar-refractivity contribution is 5.98. The molecule has 3 heterocycles. The second-order valence-electron chi connectivity index (χ2n) is 7.91. The van der Waals surface area contributed by atoms with Crippen molar-refractivity contribution in [2.75, 3.05) is 31.2 Å². The van der Waals surface area contributed by atoms with Gasteiger partial charge in [0.15, 0.2) is 11.3 Å². The van der Waals surface area contributed by atoms with Gasteiger partial charge in [-0.1, -0.05) is 24.6 Å². The molecule has 3 aromatic rings. The van der Waals surface area contributed by atoms with Gasteiger partial charge in [-0.15, -0.1) is 0 Å². The minimum absolute atomic E-state index is 0.0122. The SMILES string of the molecule is O=C(O)c1cc(N2CCOC(CO)C2)c2c(C3CCC3)nn(-c3ccccc3)c2n1. The summed E-state index contributed by atoms with van der Waals surface area (Å²) in [4.78, 5) is 18.5. The lowest BCUT2D eigenvalue weighted by atomic mass is 9.82. The summed E-state index contributed by atoms with van der Waals surface area (Å²) in [6.45, 7) is 1.52. The van der Waals surface area contributed by atoms with Crippen molar-refractivity contribution in [2.45, 2.75) is 31.3 Å². The smallest absolute Gasteiger partial charge is 0.354 e. The second kappa shape index (κ2) is 7.70. The number of nitrogens with zero attached hydrogens (tertiary/aromatic N) is 4. The molecule has 0 bridgehead atoms. The monoisotopic (exact) mass is 408 g/mol. The number of hydrogen-bond donors (Lipinski definition) is 2. The van der Waals surface area contributed by atoms with E-state index in [0.29, 0.717) is 31.3 Å². The highest BCUT2D eigenvalue weighted by atomic mass is 16.5. The molecule has 1 unspecified atom stereocenters. The Morgan fingerprint density at radius 3 is 2.70 bits per heavy atom. The minimum atomic E-state index is -1.07. The van der Waals surface area contributed by atoms with E-state index in [2.05, 4.69) is 9.88 Å². The Kier molecular flexibility index (Phi) is 4.88. The van der Waals surface area contributed by atoms with Gasteiger partial charge < -0.3 is 19.8 Å². The summed E-state index contributed by atoms with van der Waals surface area (Å²) >= 11 is 0. The first-order valence-corrected chi connectivity index (χ1v) is 10.4. The molecule has 0 amide bonds. The number of ether oxygens (including phenoxy) is 1. The van der Waals surface area contributed by atoms with Crippen LogP contribution >= 0.6 is 0 Å². The third-order valence-corrected chi connectivity index (χ3v) is 6.04. The first-order chi connectivity index (χ1) is 14.7. The van der Waals surface area contributed by atoms with Gasteiger partial charge in [-0.2, -0.15) is 5.10 Å². The third-order valence-electron chi connectivity index (χ3n) is 6.04. The van der Waals surface area contributed by atoms with E-state index in [4.69, 9.17) is 9.84 Å². The van der Waals surface area contributed by atoms with Crippen LogP contribution in [0.4, 0.5) is 5.69 Å². The second-order valence-corrected chi connectivity index (χ2v) is 7.91. The van der Waals surface area contributed by atoms with Crippen molar-refractivity contribution in [3.05, 3.63) is 47.8 Å². The Hall–Kier alpha value is -2.97. The van der Waals surface area contributed by atoms with Crippen LogP contribution in [0.15, 0.2) is 36.4 Å².